The van der Waals surface area contributed by atoms with Gasteiger partial charge in [0, 0.05) is 11.8 Å². The van der Waals surface area contributed by atoms with Gasteiger partial charge in [0.1, 0.15) is 0 Å². The van der Waals surface area contributed by atoms with E-state index in [1.165, 1.54) is 24.2 Å². The van der Waals surface area contributed by atoms with Crippen molar-refractivity contribution in [2.75, 3.05) is 5.75 Å². The van der Waals surface area contributed by atoms with Crippen LogP contribution in [0.3, 0.4) is 0 Å². The Bertz CT molecular complexity index is 440. The molecular formula is C15H21NS. The van der Waals surface area contributed by atoms with Crippen molar-refractivity contribution < 1.29 is 0 Å². The predicted molar refractivity (Wildman–Crippen MR) is 75.4 cm³/mol. The molecule has 1 saturated heterocycles. The van der Waals surface area contributed by atoms with E-state index in [1.807, 2.05) is 0 Å². The predicted octanol–water partition coefficient (Wildman–Crippen LogP) is 3.64. The molecule has 1 aromatic carbocycles. The van der Waals surface area contributed by atoms with Gasteiger partial charge in [0.05, 0.1) is 4.87 Å². The van der Waals surface area contributed by atoms with Crippen molar-refractivity contribution in [2.24, 2.45) is 0 Å². The molecule has 2 atom stereocenters. The number of fused-ring (bicyclic) bond motifs is 2. The van der Waals surface area contributed by atoms with Crippen molar-refractivity contribution in [3.63, 3.8) is 0 Å². The van der Waals surface area contributed by atoms with Gasteiger partial charge in [-0.25, -0.2) is 0 Å². The van der Waals surface area contributed by atoms with E-state index < -0.39 is 0 Å². The minimum absolute atomic E-state index is 0.200. The van der Waals surface area contributed by atoms with Crippen molar-refractivity contribution in [3.8, 4) is 0 Å². The number of hydrogen-bond acceptors (Lipinski definition) is 2. The molecular weight excluding hydrogens is 226 g/mol. The fourth-order valence-corrected chi connectivity index (χ4v) is 4.71. The molecule has 0 amide bonds. The van der Waals surface area contributed by atoms with Gasteiger partial charge in [-0.1, -0.05) is 38.1 Å². The lowest BCUT2D eigenvalue weighted by atomic mass is 9.70. The second-order valence-corrected chi connectivity index (χ2v) is 7.43. The molecule has 0 radical (unpaired) electrons. The molecule has 1 N–H and O–H groups in total. The first-order valence-electron chi connectivity index (χ1n) is 6.55. The van der Waals surface area contributed by atoms with Gasteiger partial charge in [0.25, 0.3) is 0 Å². The number of benzene rings is 1. The average molecular weight is 247 g/mol. The van der Waals surface area contributed by atoms with E-state index in [-0.39, 0.29) is 4.87 Å². The molecule has 2 aliphatic rings. The Morgan fingerprint density at radius 2 is 1.88 bits per heavy atom. The zero-order valence-corrected chi connectivity index (χ0v) is 11.7. The summed E-state index contributed by atoms with van der Waals surface area (Å²) in [6.07, 6.45) is 2.53. The molecule has 0 aromatic heterocycles. The highest BCUT2D eigenvalue weighted by molar-refractivity contribution is 8.00. The van der Waals surface area contributed by atoms with Crippen LogP contribution in [0.5, 0.6) is 0 Å². The van der Waals surface area contributed by atoms with E-state index >= 15 is 0 Å². The Labute approximate surface area is 108 Å². The van der Waals surface area contributed by atoms with E-state index in [2.05, 4.69) is 62.1 Å². The minimum atomic E-state index is 0.200. The lowest BCUT2D eigenvalue weighted by molar-refractivity contribution is 0.330. The number of rotatable bonds is 0. The van der Waals surface area contributed by atoms with Gasteiger partial charge in [-0.2, -0.15) is 0 Å². The molecule has 17 heavy (non-hydrogen) atoms. The maximum Gasteiger partial charge on any atom is 0.0907 e. The van der Waals surface area contributed by atoms with Crippen LogP contribution in [0.15, 0.2) is 24.3 Å². The molecule has 1 spiro atoms. The molecule has 1 nitrogen and oxygen atoms in total. The van der Waals surface area contributed by atoms with E-state index in [0.717, 1.165) is 0 Å². The first kappa shape index (κ1) is 11.6. The summed E-state index contributed by atoms with van der Waals surface area (Å²) in [7, 11) is 0. The van der Waals surface area contributed by atoms with Gasteiger partial charge in [-0.15, -0.1) is 11.8 Å². The lowest BCUT2D eigenvalue weighted by Crippen LogP contribution is -2.44. The summed E-state index contributed by atoms with van der Waals surface area (Å²) in [5.74, 6) is 1.23. The maximum atomic E-state index is 3.83. The average Bonchev–Trinajstić information content (AvgIpc) is 2.69. The third-order valence-electron chi connectivity index (χ3n) is 4.25. The molecule has 3 rings (SSSR count). The highest BCUT2D eigenvalue weighted by Gasteiger charge is 2.46. The topological polar surface area (TPSA) is 12.0 Å². The molecule has 1 aromatic rings. The normalized spacial score (nSPS) is 34.9. The van der Waals surface area contributed by atoms with Crippen LogP contribution in [0.25, 0.3) is 0 Å². The van der Waals surface area contributed by atoms with Crippen LogP contribution in [-0.2, 0) is 10.3 Å². The summed E-state index contributed by atoms with van der Waals surface area (Å²) < 4.78 is 0. The summed E-state index contributed by atoms with van der Waals surface area (Å²) in [5.41, 5.74) is 3.40. The zero-order valence-electron chi connectivity index (χ0n) is 10.9. The third-order valence-corrected chi connectivity index (χ3v) is 5.95. The lowest BCUT2D eigenvalue weighted by Gasteiger charge is -2.43. The van der Waals surface area contributed by atoms with Crippen LogP contribution in [0.1, 0.15) is 44.7 Å². The molecule has 0 bridgehead atoms. The van der Waals surface area contributed by atoms with Gasteiger partial charge in [-0.3, -0.25) is 5.32 Å². The van der Waals surface area contributed by atoms with E-state index in [9.17, 15) is 0 Å². The zero-order chi connectivity index (χ0) is 12.1. The molecule has 92 valence electrons. The Balaban J connectivity index is 2.12. The summed E-state index contributed by atoms with van der Waals surface area (Å²) in [6.45, 7) is 7.05. The van der Waals surface area contributed by atoms with Crippen molar-refractivity contribution in [1.82, 2.24) is 5.32 Å². The quantitative estimate of drug-likeness (QED) is 0.751. The second kappa shape index (κ2) is 3.76. The Morgan fingerprint density at radius 1 is 1.18 bits per heavy atom. The molecule has 1 aliphatic carbocycles. The molecule has 2 heteroatoms. The Kier molecular flexibility index (Phi) is 2.57. The van der Waals surface area contributed by atoms with E-state index in [0.29, 0.717) is 11.5 Å². The smallest absolute Gasteiger partial charge is 0.0907 e. The summed E-state index contributed by atoms with van der Waals surface area (Å²) in [4.78, 5) is 0.200. The first-order chi connectivity index (χ1) is 8.04. The van der Waals surface area contributed by atoms with Gasteiger partial charge in [0.2, 0.25) is 0 Å². The highest BCUT2D eigenvalue weighted by Crippen LogP contribution is 2.52. The number of hydrogen-bond donors (Lipinski definition) is 1. The van der Waals surface area contributed by atoms with Crippen molar-refractivity contribution in [1.29, 1.82) is 0 Å². The van der Waals surface area contributed by atoms with Crippen molar-refractivity contribution >= 4 is 11.8 Å². The maximum absolute atomic E-state index is 3.83. The fourth-order valence-electron chi connectivity index (χ4n) is 3.23. The van der Waals surface area contributed by atoms with Gasteiger partial charge >= 0.3 is 0 Å². The van der Waals surface area contributed by atoms with Gasteiger partial charge < -0.3 is 0 Å². The minimum Gasteiger partial charge on any atom is -0.296 e. The fraction of sp³-hybridized carbons (Fsp3) is 0.600. The van der Waals surface area contributed by atoms with Gasteiger partial charge in [0.15, 0.2) is 0 Å². The van der Waals surface area contributed by atoms with Crippen LogP contribution in [0, 0.1) is 0 Å². The number of thioether (sulfide) groups is 1. The number of nitrogens with one attached hydrogen (secondary N) is 1. The van der Waals surface area contributed by atoms with Crippen molar-refractivity contribution in [3.05, 3.63) is 35.4 Å². The third kappa shape index (κ3) is 1.73. The molecule has 2 unspecified atom stereocenters. The summed E-state index contributed by atoms with van der Waals surface area (Å²) in [6, 6.07) is 9.65. The molecule has 1 fully saturated rings. The molecule has 0 saturated carbocycles. The monoisotopic (exact) mass is 247 g/mol. The second-order valence-electron chi connectivity index (χ2n) is 6.11. The van der Waals surface area contributed by atoms with Crippen LogP contribution >= 0.6 is 11.8 Å². The van der Waals surface area contributed by atoms with Crippen molar-refractivity contribution in [2.45, 2.75) is 49.9 Å². The van der Waals surface area contributed by atoms with E-state index in [1.54, 1.807) is 5.56 Å². The Hall–Kier alpha value is -0.470. The first-order valence-corrected chi connectivity index (χ1v) is 7.54. The summed E-state index contributed by atoms with van der Waals surface area (Å²) in [5, 5.41) is 3.83. The highest BCUT2D eigenvalue weighted by atomic mass is 32.2. The van der Waals surface area contributed by atoms with Crippen LogP contribution in [0.4, 0.5) is 0 Å². The molecule has 1 aliphatic heterocycles. The van der Waals surface area contributed by atoms with E-state index in [4.69, 9.17) is 0 Å². The van der Waals surface area contributed by atoms with Crippen LogP contribution in [0.2, 0.25) is 0 Å². The summed E-state index contributed by atoms with van der Waals surface area (Å²) >= 11 is 2.11. The standard InChI is InChI=1S/C15H21NS/c1-11-10-17-15(16-11)9-8-14(2,3)12-6-4-5-7-13(12)15/h4-7,11,16H,8-10H2,1-3H3. The van der Waals surface area contributed by atoms with Gasteiger partial charge in [-0.05, 0) is 36.3 Å². The Morgan fingerprint density at radius 3 is 2.53 bits per heavy atom. The molecule has 1 heterocycles. The van der Waals surface area contributed by atoms with Crippen LogP contribution < -0.4 is 5.32 Å². The SMILES string of the molecule is CC1CSC2(CCC(C)(C)c3ccccc32)N1. The van der Waals surface area contributed by atoms with Crippen LogP contribution in [-0.4, -0.2) is 11.8 Å². The largest absolute Gasteiger partial charge is 0.296 e.